The van der Waals surface area contributed by atoms with Gasteiger partial charge in [0.15, 0.2) is 0 Å². The maximum Gasteiger partial charge on any atom is 0.0674 e. The Morgan fingerprint density at radius 2 is 2.00 bits per heavy atom. The molecule has 0 spiro atoms. The average molecular weight is 157 g/mol. The minimum atomic E-state index is 0.304. The number of ether oxygens (including phenoxy) is 1. The first-order chi connectivity index (χ1) is 5.00. The van der Waals surface area contributed by atoms with Crippen molar-refractivity contribution in [3.8, 4) is 0 Å². The van der Waals surface area contributed by atoms with Gasteiger partial charge in [0.25, 0.3) is 0 Å². The topological polar surface area (TPSA) is 12.5 Å². The molecule has 0 N–H and O–H groups in total. The number of rotatable bonds is 0. The Hall–Kier alpha value is -0.0800. The third kappa shape index (κ3) is 2.46. The van der Waals surface area contributed by atoms with Crippen LogP contribution in [0.25, 0.3) is 0 Å². The number of morpholine rings is 1. The summed E-state index contributed by atoms with van der Waals surface area (Å²) >= 11 is 0. The van der Waals surface area contributed by atoms with Gasteiger partial charge in [-0.1, -0.05) is 0 Å². The van der Waals surface area contributed by atoms with Gasteiger partial charge in [-0.15, -0.1) is 0 Å². The normalized spacial score (nSPS) is 28.9. The molecule has 1 fully saturated rings. The minimum Gasteiger partial charge on any atom is -0.376 e. The van der Waals surface area contributed by atoms with E-state index >= 15 is 0 Å². The van der Waals surface area contributed by atoms with Crippen molar-refractivity contribution >= 4 is 0 Å². The summed E-state index contributed by atoms with van der Waals surface area (Å²) in [7, 11) is 0. The zero-order chi connectivity index (χ0) is 8.48. The first-order valence-corrected chi connectivity index (χ1v) is 4.37. The van der Waals surface area contributed by atoms with Crippen molar-refractivity contribution in [1.82, 2.24) is 4.90 Å². The maximum atomic E-state index is 5.46. The highest BCUT2D eigenvalue weighted by molar-refractivity contribution is 4.80. The zero-order valence-electron chi connectivity index (χ0n) is 8.05. The van der Waals surface area contributed by atoms with Crippen molar-refractivity contribution < 1.29 is 4.74 Å². The second-order valence-electron chi connectivity index (χ2n) is 4.30. The molecule has 66 valence electrons. The maximum absolute atomic E-state index is 5.46. The molecule has 0 aromatic rings. The molecule has 0 aromatic heterocycles. The number of hydrogen-bond acceptors (Lipinski definition) is 2. The summed E-state index contributed by atoms with van der Waals surface area (Å²) in [5, 5.41) is 0. The smallest absolute Gasteiger partial charge is 0.0674 e. The molecule has 0 saturated carbocycles. The Labute approximate surface area is 69.5 Å². The highest BCUT2D eigenvalue weighted by atomic mass is 16.5. The van der Waals surface area contributed by atoms with Gasteiger partial charge in [0.2, 0.25) is 0 Å². The van der Waals surface area contributed by atoms with Crippen LogP contribution in [0, 0.1) is 0 Å². The SMILES string of the molecule is C[C@H]1CN(C(C)(C)C)CCO1. The van der Waals surface area contributed by atoms with Crippen molar-refractivity contribution in [3.63, 3.8) is 0 Å². The van der Waals surface area contributed by atoms with Crippen molar-refractivity contribution in [2.75, 3.05) is 19.7 Å². The van der Waals surface area contributed by atoms with E-state index in [0.717, 1.165) is 19.7 Å². The lowest BCUT2D eigenvalue weighted by molar-refractivity contribution is -0.0494. The lowest BCUT2D eigenvalue weighted by Gasteiger charge is -2.40. The van der Waals surface area contributed by atoms with Crippen LogP contribution >= 0.6 is 0 Å². The molecule has 11 heavy (non-hydrogen) atoms. The predicted octanol–water partition coefficient (Wildman–Crippen LogP) is 1.51. The molecule has 0 aromatic carbocycles. The summed E-state index contributed by atoms with van der Waals surface area (Å²) in [4.78, 5) is 2.47. The fourth-order valence-electron chi connectivity index (χ4n) is 1.43. The van der Waals surface area contributed by atoms with Crippen LogP contribution in [0.4, 0.5) is 0 Å². The summed E-state index contributed by atoms with van der Waals surface area (Å²) in [5.41, 5.74) is 0.304. The van der Waals surface area contributed by atoms with Crippen LogP contribution in [-0.2, 0) is 4.74 Å². The van der Waals surface area contributed by atoms with E-state index in [1.807, 2.05) is 0 Å². The summed E-state index contributed by atoms with van der Waals surface area (Å²) in [6, 6.07) is 0. The van der Waals surface area contributed by atoms with E-state index < -0.39 is 0 Å². The minimum absolute atomic E-state index is 0.304. The second-order valence-corrected chi connectivity index (χ2v) is 4.30. The van der Waals surface area contributed by atoms with Crippen LogP contribution in [0.2, 0.25) is 0 Å². The molecule has 2 nitrogen and oxygen atoms in total. The summed E-state index contributed by atoms with van der Waals surface area (Å²) in [6.07, 6.45) is 0.406. The first-order valence-electron chi connectivity index (χ1n) is 4.37. The molecule has 2 heteroatoms. The highest BCUT2D eigenvalue weighted by Gasteiger charge is 2.25. The van der Waals surface area contributed by atoms with E-state index in [1.54, 1.807) is 0 Å². The van der Waals surface area contributed by atoms with Crippen LogP contribution in [0.15, 0.2) is 0 Å². The first kappa shape index (κ1) is 9.01. The van der Waals surface area contributed by atoms with E-state index in [4.69, 9.17) is 4.74 Å². The van der Waals surface area contributed by atoms with Crippen molar-refractivity contribution in [2.45, 2.75) is 39.3 Å². The Kier molecular flexibility index (Phi) is 2.55. The van der Waals surface area contributed by atoms with Gasteiger partial charge in [-0.05, 0) is 27.7 Å². The van der Waals surface area contributed by atoms with Gasteiger partial charge in [-0.25, -0.2) is 0 Å². The van der Waals surface area contributed by atoms with Crippen LogP contribution in [0.5, 0.6) is 0 Å². The van der Waals surface area contributed by atoms with Crippen LogP contribution in [0.1, 0.15) is 27.7 Å². The molecule has 1 aliphatic rings. The molecule has 1 saturated heterocycles. The van der Waals surface area contributed by atoms with E-state index in [1.165, 1.54) is 0 Å². The lowest BCUT2D eigenvalue weighted by atomic mass is 10.0. The third-order valence-electron chi connectivity index (χ3n) is 2.19. The Bertz CT molecular complexity index is 128. The molecule has 1 heterocycles. The molecule has 1 atom stereocenters. The average Bonchev–Trinajstić information content (AvgIpc) is 1.86. The van der Waals surface area contributed by atoms with Gasteiger partial charge in [0, 0.05) is 18.6 Å². The second kappa shape index (κ2) is 3.11. The fourth-order valence-corrected chi connectivity index (χ4v) is 1.43. The number of hydrogen-bond donors (Lipinski definition) is 0. The van der Waals surface area contributed by atoms with Crippen molar-refractivity contribution in [3.05, 3.63) is 0 Å². The fraction of sp³-hybridized carbons (Fsp3) is 1.00. The van der Waals surface area contributed by atoms with Crippen LogP contribution < -0.4 is 0 Å². The van der Waals surface area contributed by atoms with E-state index in [2.05, 4.69) is 32.6 Å². The van der Waals surface area contributed by atoms with Gasteiger partial charge < -0.3 is 4.74 Å². The number of nitrogens with zero attached hydrogens (tertiary/aromatic N) is 1. The molecule has 0 amide bonds. The molecule has 0 bridgehead atoms. The van der Waals surface area contributed by atoms with Crippen molar-refractivity contribution in [2.24, 2.45) is 0 Å². The lowest BCUT2D eigenvalue weighted by Crippen LogP contribution is -2.50. The molecule has 0 radical (unpaired) electrons. The van der Waals surface area contributed by atoms with Gasteiger partial charge in [-0.3, -0.25) is 4.90 Å². The molecule has 1 aliphatic heterocycles. The van der Waals surface area contributed by atoms with Crippen molar-refractivity contribution in [1.29, 1.82) is 0 Å². The van der Waals surface area contributed by atoms with Crippen LogP contribution in [0.3, 0.4) is 0 Å². The monoisotopic (exact) mass is 157 g/mol. The summed E-state index contributed by atoms with van der Waals surface area (Å²) < 4.78 is 5.46. The van der Waals surface area contributed by atoms with Gasteiger partial charge in [0.1, 0.15) is 0 Å². The summed E-state index contributed by atoms with van der Waals surface area (Å²) in [6.45, 7) is 11.9. The van der Waals surface area contributed by atoms with Gasteiger partial charge in [0.05, 0.1) is 12.7 Å². The Morgan fingerprint density at radius 1 is 1.36 bits per heavy atom. The summed E-state index contributed by atoms with van der Waals surface area (Å²) in [5.74, 6) is 0. The third-order valence-corrected chi connectivity index (χ3v) is 2.19. The van der Waals surface area contributed by atoms with E-state index in [0.29, 0.717) is 11.6 Å². The molecular formula is C9H19NO. The quantitative estimate of drug-likeness (QED) is 0.528. The molecule has 0 unspecified atom stereocenters. The molecule has 0 aliphatic carbocycles. The zero-order valence-corrected chi connectivity index (χ0v) is 8.05. The largest absolute Gasteiger partial charge is 0.376 e. The van der Waals surface area contributed by atoms with Gasteiger partial charge in [-0.2, -0.15) is 0 Å². The molecular weight excluding hydrogens is 138 g/mol. The Balaban J connectivity index is 2.46. The van der Waals surface area contributed by atoms with Crippen LogP contribution in [-0.4, -0.2) is 36.2 Å². The van der Waals surface area contributed by atoms with E-state index in [-0.39, 0.29) is 0 Å². The van der Waals surface area contributed by atoms with Gasteiger partial charge >= 0.3 is 0 Å². The molecule has 1 rings (SSSR count). The highest BCUT2D eigenvalue weighted by Crippen LogP contribution is 2.16. The standard InChI is InChI=1S/C9H19NO/c1-8-7-10(5-6-11-8)9(2,3)4/h8H,5-7H2,1-4H3/t8-/m0/s1. The van der Waals surface area contributed by atoms with E-state index in [9.17, 15) is 0 Å². The Morgan fingerprint density at radius 3 is 2.36 bits per heavy atom. The predicted molar refractivity (Wildman–Crippen MR) is 46.7 cm³/mol.